The fourth-order valence-electron chi connectivity index (χ4n) is 3.55. The van der Waals surface area contributed by atoms with E-state index in [1.165, 1.54) is 0 Å². The van der Waals surface area contributed by atoms with Gasteiger partial charge in [0.2, 0.25) is 7.29 Å². The zero-order valence-corrected chi connectivity index (χ0v) is 21.8. The summed E-state index contributed by atoms with van der Waals surface area (Å²) >= 11 is 3.45. The van der Waals surface area contributed by atoms with Gasteiger partial charge in [0.25, 0.3) is 0 Å². The molecule has 3 aromatic rings. The van der Waals surface area contributed by atoms with Gasteiger partial charge in [-0.05, 0) is 62.7 Å². The Kier molecular flexibility index (Phi) is 8.32. The third-order valence-electron chi connectivity index (χ3n) is 5.17. The minimum absolute atomic E-state index is 0.187. The van der Waals surface area contributed by atoms with Crippen molar-refractivity contribution in [2.45, 2.75) is 26.1 Å². The molecule has 0 spiro atoms. The quantitative estimate of drug-likeness (QED) is 0.304. The Morgan fingerprint density at radius 3 is 1.62 bits per heavy atom. The van der Waals surface area contributed by atoms with E-state index < -0.39 is 20.2 Å². The standard InChI is InChI=1S/C24H28BrNO4P2/c1-4-29-32(28,30-5-2)24(3,20-16-18-21(25)19-17-20)26-31(27,22-12-8-6-9-13-22)23-14-10-7-11-15-23/h6-19H,4-5H2,1-3H3,(H,26,27)/t24-/m0/s1. The van der Waals surface area contributed by atoms with Crippen molar-refractivity contribution in [2.24, 2.45) is 0 Å². The molecular weight excluding hydrogens is 508 g/mol. The molecule has 1 N–H and O–H groups in total. The summed E-state index contributed by atoms with van der Waals surface area (Å²) in [5, 5.41) is 3.14. The van der Waals surface area contributed by atoms with Gasteiger partial charge in [-0.3, -0.25) is 9.13 Å². The molecule has 3 rings (SSSR count). The van der Waals surface area contributed by atoms with Crippen molar-refractivity contribution in [3.05, 3.63) is 95.0 Å². The lowest BCUT2D eigenvalue weighted by Gasteiger charge is -2.40. The summed E-state index contributed by atoms with van der Waals surface area (Å²) in [4.78, 5) is 0. The summed E-state index contributed by atoms with van der Waals surface area (Å²) in [5.74, 6) is 0. The molecule has 0 amide bonds. The number of hydrogen-bond acceptors (Lipinski definition) is 4. The van der Waals surface area contributed by atoms with Crippen LogP contribution in [0, 0.1) is 0 Å². The van der Waals surface area contributed by atoms with E-state index >= 15 is 0 Å². The zero-order valence-electron chi connectivity index (χ0n) is 18.4. The molecule has 0 aliphatic rings. The van der Waals surface area contributed by atoms with Crippen LogP contribution in [0.5, 0.6) is 0 Å². The third kappa shape index (κ3) is 5.02. The number of hydrogen-bond donors (Lipinski definition) is 1. The van der Waals surface area contributed by atoms with Crippen molar-refractivity contribution in [3.63, 3.8) is 0 Å². The molecule has 0 unspecified atom stereocenters. The largest absolute Gasteiger partial charge is 0.355 e. The summed E-state index contributed by atoms with van der Waals surface area (Å²) in [6, 6.07) is 25.8. The second-order valence-electron chi connectivity index (χ2n) is 7.30. The average Bonchev–Trinajstić information content (AvgIpc) is 2.81. The van der Waals surface area contributed by atoms with Crippen molar-refractivity contribution in [3.8, 4) is 0 Å². The van der Waals surface area contributed by atoms with Gasteiger partial charge in [0.15, 0.2) is 0 Å². The lowest BCUT2D eigenvalue weighted by molar-refractivity contribution is 0.195. The van der Waals surface area contributed by atoms with Crippen LogP contribution in [0.15, 0.2) is 89.4 Å². The first-order chi connectivity index (χ1) is 15.3. The maximum absolute atomic E-state index is 14.8. The van der Waals surface area contributed by atoms with E-state index in [1.807, 2.05) is 84.9 Å². The Labute approximate surface area is 198 Å². The molecule has 3 aromatic carbocycles. The topological polar surface area (TPSA) is 64.6 Å². The molecule has 0 aliphatic carbocycles. The SMILES string of the molecule is CCOP(=O)(OCC)[C@](C)(NP(=O)(c1ccccc1)c1ccccc1)c1ccc(Br)cc1. The van der Waals surface area contributed by atoms with E-state index in [0.29, 0.717) is 16.2 Å². The first kappa shape index (κ1) is 25.1. The van der Waals surface area contributed by atoms with Gasteiger partial charge in [-0.15, -0.1) is 0 Å². The molecule has 0 heterocycles. The predicted octanol–water partition coefficient (Wildman–Crippen LogP) is 6.41. The van der Waals surface area contributed by atoms with E-state index in [9.17, 15) is 9.13 Å². The Balaban J connectivity index is 2.26. The van der Waals surface area contributed by atoms with Gasteiger partial charge in [0, 0.05) is 15.1 Å². The number of nitrogens with one attached hydrogen (secondary N) is 1. The molecule has 170 valence electrons. The highest BCUT2D eigenvalue weighted by molar-refractivity contribution is 9.10. The molecule has 8 heteroatoms. The Morgan fingerprint density at radius 1 is 0.781 bits per heavy atom. The fraction of sp³-hybridized carbons (Fsp3) is 0.250. The maximum Gasteiger partial charge on any atom is 0.355 e. The van der Waals surface area contributed by atoms with Gasteiger partial charge in [-0.2, -0.15) is 0 Å². The fourth-order valence-corrected chi connectivity index (χ4v) is 8.95. The second-order valence-corrected chi connectivity index (χ2v) is 13.1. The molecule has 0 aromatic heterocycles. The van der Waals surface area contributed by atoms with Crippen LogP contribution in [0.2, 0.25) is 0 Å². The van der Waals surface area contributed by atoms with Gasteiger partial charge in [-0.1, -0.05) is 64.5 Å². The highest BCUT2D eigenvalue weighted by Crippen LogP contribution is 2.66. The molecule has 0 bridgehead atoms. The predicted molar refractivity (Wildman–Crippen MR) is 135 cm³/mol. The van der Waals surface area contributed by atoms with Gasteiger partial charge in [-0.25, -0.2) is 5.09 Å². The summed E-state index contributed by atoms with van der Waals surface area (Å²) in [5.41, 5.74) is 0.651. The lowest BCUT2D eigenvalue weighted by atomic mass is 10.1. The molecule has 5 nitrogen and oxygen atoms in total. The van der Waals surface area contributed by atoms with Crippen molar-refractivity contribution in [2.75, 3.05) is 13.2 Å². The summed E-state index contributed by atoms with van der Waals surface area (Å²) in [7, 11) is -7.28. The Morgan fingerprint density at radius 2 is 1.22 bits per heavy atom. The zero-order chi connectivity index (χ0) is 23.2. The van der Waals surface area contributed by atoms with E-state index in [1.54, 1.807) is 20.8 Å². The van der Waals surface area contributed by atoms with Crippen LogP contribution in [-0.4, -0.2) is 13.2 Å². The van der Waals surface area contributed by atoms with E-state index in [0.717, 1.165) is 4.47 Å². The van der Waals surface area contributed by atoms with Gasteiger partial charge in [0.05, 0.1) is 13.2 Å². The first-order valence-corrected chi connectivity index (χ1v) is 14.5. The van der Waals surface area contributed by atoms with Crippen LogP contribution in [0.3, 0.4) is 0 Å². The highest BCUT2D eigenvalue weighted by Gasteiger charge is 2.52. The number of benzene rings is 3. The minimum atomic E-state index is -3.81. The molecule has 0 saturated heterocycles. The van der Waals surface area contributed by atoms with Crippen LogP contribution in [0.1, 0.15) is 26.3 Å². The molecule has 0 radical (unpaired) electrons. The molecule has 0 fully saturated rings. The van der Waals surface area contributed by atoms with Crippen molar-refractivity contribution in [1.29, 1.82) is 0 Å². The Bertz CT molecular complexity index is 1060. The molecule has 0 saturated carbocycles. The van der Waals surface area contributed by atoms with Crippen LogP contribution in [0.4, 0.5) is 0 Å². The van der Waals surface area contributed by atoms with E-state index in [2.05, 4.69) is 21.0 Å². The summed E-state index contributed by atoms with van der Waals surface area (Å²) in [6.07, 6.45) is 0. The smallest absolute Gasteiger partial charge is 0.307 e. The van der Waals surface area contributed by atoms with Gasteiger partial charge in [0.1, 0.15) is 5.28 Å². The molecular formula is C24H28BrNO4P2. The average molecular weight is 536 g/mol. The Hall–Kier alpha value is -1.52. The normalized spacial score (nSPS) is 14.1. The second kappa shape index (κ2) is 10.6. The molecule has 32 heavy (non-hydrogen) atoms. The molecule has 1 atom stereocenters. The van der Waals surface area contributed by atoms with Crippen LogP contribution >= 0.6 is 30.8 Å². The monoisotopic (exact) mass is 535 g/mol. The van der Waals surface area contributed by atoms with Crippen LogP contribution < -0.4 is 15.7 Å². The maximum atomic E-state index is 14.8. The third-order valence-corrected chi connectivity index (χ3v) is 11.3. The van der Waals surface area contributed by atoms with Crippen molar-refractivity contribution >= 4 is 41.4 Å². The van der Waals surface area contributed by atoms with Gasteiger partial charge >= 0.3 is 7.60 Å². The minimum Gasteiger partial charge on any atom is -0.307 e. The molecule has 0 aliphatic heterocycles. The van der Waals surface area contributed by atoms with Crippen LogP contribution in [0.25, 0.3) is 0 Å². The lowest BCUT2D eigenvalue weighted by Crippen LogP contribution is -2.43. The van der Waals surface area contributed by atoms with Crippen LogP contribution in [-0.2, 0) is 23.5 Å². The van der Waals surface area contributed by atoms with Crippen molar-refractivity contribution in [1.82, 2.24) is 5.09 Å². The highest BCUT2D eigenvalue weighted by atomic mass is 79.9. The summed E-state index contributed by atoms with van der Waals surface area (Å²) in [6.45, 7) is 5.64. The van der Waals surface area contributed by atoms with E-state index in [4.69, 9.17) is 9.05 Å². The first-order valence-electron chi connectivity index (χ1n) is 10.4. The van der Waals surface area contributed by atoms with Gasteiger partial charge < -0.3 is 9.05 Å². The van der Waals surface area contributed by atoms with Crippen molar-refractivity contribution < 1.29 is 18.2 Å². The van der Waals surface area contributed by atoms with E-state index in [-0.39, 0.29) is 13.2 Å². The summed E-state index contributed by atoms with van der Waals surface area (Å²) < 4.78 is 41.4. The number of halogens is 1. The number of rotatable bonds is 10.